The largest absolute Gasteiger partial charge is 0.495 e. The number of methoxy groups -OCH3 is 2. The van der Waals surface area contributed by atoms with Crippen LogP contribution < -0.4 is 14.4 Å². The van der Waals surface area contributed by atoms with E-state index in [9.17, 15) is 13.2 Å². The Hall–Kier alpha value is -2.41. The standard InChI is InChI=1S/C22H26N4O5S3/c1-30-16-7-8-17(31-2)20-19(16)23-22(33-20)25-12-10-24(11-13-25)21(27)15-5-3-9-26(15)34(28,29)18-6-4-14-32-18/h4,6-8,14-15H,3,5,9-13H2,1-2H3/t15-/m1/s1. The molecule has 182 valence electrons. The minimum atomic E-state index is -3.65. The Morgan fingerprint density at radius 1 is 1.06 bits per heavy atom. The van der Waals surface area contributed by atoms with Crippen molar-refractivity contribution in [1.29, 1.82) is 0 Å². The van der Waals surface area contributed by atoms with Gasteiger partial charge < -0.3 is 19.3 Å². The van der Waals surface area contributed by atoms with Crippen LogP contribution >= 0.6 is 22.7 Å². The van der Waals surface area contributed by atoms with E-state index in [4.69, 9.17) is 14.5 Å². The molecule has 2 fully saturated rings. The fourth-order valence-electron chi connectivity index (χ4n) is 4.54. The van der Waals surface area contributed by atoms with E-state index in [0.29, 0.717) is 55.5 Å². The second-order valence-electron chi connectivity index (χ2n) is 8.16. The highest BCUT2D eigenvalue weighted by molar-refractivity contribution is 7.91. The Kier molecular flexibility index (Phi) is 6.40. The lowest BCUT2D eigenvalue weighted by Crippen LogP contribution is -2.54. The number of carbonyl (C=O) groups is 1. The molecule has 2 saturated heterocycles. The number of piperazine rings is 1. The zero-order valence-electron chi connectivity index (χ0n) is 19.0. The Labute approximate surface area is 206 Å². The normalized spacial score (nSPS) is 19.6. The number of aromatic nitrogens is 1. The fraction of sp³-hybridized carbons (Fsp3) is 0.455. The quantitative estimate of drug-likeness (QED) is 0.492. The number of sulfonamides is 1. The van der Waals surface area contributed by atoms with Crippen LogP contribution in [0, 0.1) is 0 Å². The molecule has 2 aliphatic heterocycles. The van der Waals surface area contributed by atoms with E-state index in [1.165, 1.54) is 15.6 Å². The van der Waals surface area contributed by atoms with Crippen molar-refractivity contribution in [3.05, 3.63) is 29.6 Å². The summed E-state index contributed by atoms with van der Waals surface area (Å²) in [6, 6.07) is 6.41. The molecule has 0 spiro atoms. The molecule has 2 aliphatic rings. The number of hydrogen-bond donors (Lipinski definition) is 0. The van der Waals surface area contributed by atoms with Crippen LogP contribution in [-0.2, 0) is 14.8 Å². The van der Waals surface area contributed by atoms with Gasteiger partial charge in [0.25, 0.3) is 10.0 Å². The molecule has 0 aliphatic carbocycles. The molecule has 0 bridgehead atoms. The molecule has 0 N–H and O–H groups in total. The highest BCUT2D eigenvalue weighted by atomic mass is 32.2. The van der Waals surface area contributed by atoms with Crippen LogP contribution in [0.5, 0.6) is 11.5 Å². The number of thiazole rings is 1. The molecular weight excluding hydrogens is 496 g/mol. The van der Waals surface area contributed by atoms with Crippen LogP contribution in [0.3, 0.4) is 0 Å². The first-order valence-electron chi connectivity index (χ1n) is 11.0. The molecule has 12 heteroatoms. The molecule has 9 nitrogen and oxygen atoms in total. The first-order chi connectivity index (χ1) is 16.4. The van der Waals surface area contributed by atoms with Crippen molar-refractivity contribution in [2.45, 2.75) is 23.1 Å². The molecule has 2 aromatic heterocycles. The van der Waals surface area contributed by atoms with E-state index < -0.39 is 16.1 Å². The number of rotatable bonds is 6. The van der Waals surface area contributed by atoms with Gasteiger partial charge in [0.15, 0.2) is 5.13 Å². The van der Waals surface area contributed by atoms with Crippen LogP contribution in [0.25, 0.3) is 10.2 Å². The lowest BCUT2D eigenvalue weighted by atomic mass is 10.2. The minimum absolute atomic E-state index is 0.107. The van der Waals surface area contributed by atoms with Gasteiger partial charge in [0.1, 0.15) is 32.0 Å². The molecule has 4 heterocycles. The van der Waals surface area contributed by atoms with E-state index in [1.54, 1.807) is 48.0 Å². The lowest BCUT2D eigenvalue weighted by Gasteiger charge is -2.37. The first-order valence-corrected chi connectivity index (χ1v) is 14.2. The zero-order chi connectivity index (χ0) is 23.9. The van der Waals surface area contributed by atoms with Crippen LogP contribution in [0.15, 0.2) is 33.9 Å². The molecule has 0 radical (unpaired) electrons. The molecule has 5 rings (SSSR count). The summed E-state index contributed by atoms with van der Waals surface area (Å²) in [6.45, 7) is 2.67. The molecule has 1 aromatic carbocycles. The fourth-order valence-corrected chi connectivity index (χ4v) is 8.44. The molecule has 3 aromatic rings. The van der Waals surface area contributed by atoms with Gasteiger partial charge in [-0.2, -0.15) is 4.31 Å². The predicted molar refractivity (Wildman–Crippen MR) is 133 cm³/mol. The van der Waals surface area contributed by atoms with Crippen LogP contribution in [-0.4, -0.2) is 81.5 Å². The maximum absolute atomic E-state index is 13.3. The van der Waals surface area contributed by atoms with E-state index >= 15 is 0 Å². The highest BCUT2D eigenvalue weighted by Gasteiger charge is 2.42. The van der Waals surface area contributed by atoms with E-state index in [1.807, 2.05) is 12.1 Å². The van der Waals surface area contributed by atoms with Gasteiger partial charge in [-0.1, -0.05) is 17.4 Å². The van der Waals surface area contributed by atoms with Gasteiger partial charge in [-0.3, -0.25) is 4.79 Å². The first kappa shape index (κ1) is 23.3. The molecule has 34 heavy (non-hydrogen) atoms. The summed E-state index contributed by atoms with van der Waals surface area (Å²) in [5, 5.41) is 2.60. The molecular formula is C22H26N4O5S3. The number of fused-ring (bicyclic) bond motifs is 1. The van der Waals surface area contributed by atoms with Crippen molar-refractivity contribution >= 4 is 54.0 Å². The summed E-state index contributed by atoms with van der Waals surface area (Å²) in [5.74, 6) is 1.34. The number of ether oxygens (including phenoxy) is 2. The van der Waals surface area contributed by atoms with E-state index in [2.05, 4.69) is 4.90 Å². The van der Waals surface area contributed by atoms with Crippen molar-refractivity contribution < 1.29 is 22.7 Å². The second-order valence-corrected chi connectivity index (χ2v) is 12.2. The summed E-state index contributed by atoms with van der Waals surface area (Å²) >= 11 is 2.73. The Morgan fingerprint density at radius 2 is 1.79 bits per heavy atom. The average Bonchev–Trinajstić information content (AvgIpc) is 3.63. The zero-order valence-corrected chi connectivity index (χ0v) is 21.4. The third-order valence-electron chi connectivity index (χ3n) is 6.31. The van der Waals surface area contributed by atoms with Gasteiger partial charge in [0, 0.05) is 32.7 Å². The highest BCUT2D eigenvalue weighted by Crippen LogP contribution is 2.40. The van der Waals surface area contributed by atoms with Gasteiger partial charge in [-0.05, 0) is 36.4 Å². The van der Waals surface area contributed by atoms with Gasteiger partial charge in [-0.15, -0.1) is 11.3 Å². The van der Waals surface area contributed by atoms with Crippen molar-refractivity contribution in [2.24, 2.45) is 0 Å². The number of carbonyl (C=O) groups excluding carboxylic acids is 1. The summed E-state index contributed by atoms with van der Waals surface area (Å²) in [5.41, 5.74) is 0.765. The Bertz CT molecular complexity index is 1240. The SMILES string of the molecule is COc1ccc(OC)c2sc(N3CCN(C(=O)[C@H]4CCCN4S(=O)(=O)c4cccs4)CC3)nc12. The Balaban J connectivity index is 1.29. The molecule has 1 atom stereocenters. The van der Waals surface area contributed by atoms with Gasteiger partial charge in [0.05, 0.1) is 14.2 Å². The van der Waals surface area contributed by atoms with Crippen LogP contribution in [0.4, 0.5) is 5.13 Å². The van der Waals surface area contributed by atoms with Crippen molar-refractivity contribution in [2.75, 3.05) is 51.8 Å². The Morgan fingerprint density at radius 3 is 2.47 bits per heavy atom. The van der Waals surface area contributed by atoms with Gasteiger partial charge >= 0.3 is 0 Å². The summed E-state index contributed by atoms with van der Waals surface area (Å²) < 4.78 is 39.7. The van der Waals surface area contributed by atoms with E-state index in [-0.39, 0.29) is 5.91 Å². The number of hydrogen-bond acceptors (Lipinski definition) is 9. The number of nitrogens with zero attached hydrogens (tertiary/aromatic N) is 4. The van der Waals surface area contributed by atoms with Crippen molar-refractivity contribution in [3.63, 3.8) is 0 Å². The van der Waals surface area contributed by atoms with E-state index in [0.717, 1.165) is 21.1 Å². The maximum atomic E-state index is 13.3. The number of anilines is 1. The molecule has 1 amide bonds. The third kappa shape index (κ3) is 4.02. The smallest absolute Gasteiger partial charge is 0.253 e. The second kappa shape index (κ2) is 9.33. The minimum Gasteiger partial charge on any atom is -0.495 e. The number of amides is 1. The molecule has 0 saturated carbocycles. The number of thiophene rings is 1. The monoisotopic (exact) mass is 522 g/mol. The van der Waals surface area contributed by atoms with Crippen molar-refractivity contribution in [3.8, 4) is 11.5 Å². The summed E-state index contributed by atoms with van der Waals surface area (Å²) in [4.78, 5) is 22.1. The lowest BCUT2D eigenvalue weighted by molar-refractivity contribution is -0.134. The summed E-state index contributed by atoms with van der Waals surface area (Å²) in [6.07, 6.45) is 1.25. The van der Waals surface area contributed by atoms with Gasteiger partial charge in [0.2, 0.25) is 5.91 Å². The van der Waals surface area contributed by atoms with Crippen molar-refractivity contribution in [1.82, 2.24) is 14.2 Å². The third-order valence-corrected chi connectivity index (χ3v) is 10.7. The predicted octanol–water partition coefficient (Wildman–Crippen LogP) is 2.88. The van der Waals surface area contributed by atoms with Gasteiger partial charge in [-0.25, -0.2) is 13.4 Å². The summed E-state index contributed by atoms with van der Waals surface area (Å²) in [7, 11) is -0.393. The van der Waals surface area contributed by atoms with Crippen LogP contribution in [0.1, 0.15) is 12.8 Å². The van der Waals surface area contributed by atoms with Crippen LogP contribution in [0.2, 0.25) is 0 Å². The number of benzene rings is 1. The average molecular weight is 523 g/mol. The molecule has 0 unspecified atom stereocenters. The topological polar surface area (TPSA) is 92.3 Å². The maximum Gasteiger partial charge on any atom is 0.253 e.